The lowest BCUT2D eigenvalue weighted by Crippen LogP contribution is -2.26. The van der Waals surface area contributed by atoms with Gasteiger partial charge in [0.25, 0.3) is 0 Å². The summed E-state index contributed by atoms with van der Waals surface area (Å²) < 4.78 is 33.8. The van der Waals surface area contributed by atoms with E-state index in [-0.39, 0.29) is 13.2 Å². The highest BCUT2D eigenvalue weighted by Gasteiger charge is 2.13. The molecule has 2 heterocycles. The third-order valence-corrected chi connectivity index (χ3v) is 5.68. The minimum atomic E-state index is -3.58. The highest BCUT2D eigenvalue weighted by Crippen LogP contribution is 2.26. The first-order chi connectivity index (χ1) is 15.0. The molecule has 0 atom stereocenters. The number of benzene rings is 2. The van der Waals surface area contributed by atoms with Gasteiger partial charge >= 0.3 is 0 Å². The molecule has 0 aliphatic heterocycles. The fourth-order valence-corrected chi connectivity index (χ4v) is 3.80. The number of ether oxygens (including phenoxy) is 1. The molecule has 0 aliphatic carbocycles. The molecule has 31 heavy (non-hydrogen) atoms. The van der Waals surface area contributed by atoms with Crippen molar-refractivity contribution in [1.82, 2.24) is 24.5 Å². The number of halogens is 1. The number of aromatic nitrogens is 4. The predicted molar refractivity (Wildman–Crippen MR) is 119 cm³/mol. The van der Waals surface area contributed by atoms with Crippen LogP contribution in [-0.4, -0.2) is 41.4 Å². The van der Waals surface area contributed by atoms with Crippen molar-refractivity contribution in [2.45, 2.75) is 0 Å². The summed E-state index contributed by atoms with van der Waals surface area (Å²) in [5.74, 6) is 0.789. The van der Waals surface area contributed by atoms with Crippen LogP contribution in [0.5, 0.6) is 5.88 Å². The highest BCUT2D eigenvalue weighted by molar-refractivity contribution is 7.92. The van der Waals surface area contributed by atoms with Gasteiger partial charge in [0.1, 0.15) is 6.61 Å². The van der Waals surface area contributed by atoms with Crippen LogP contribution in [0.15, 0.2) is 72.1 Å². The third-order valence-electron chi connectivity index (χ3n) is 4.25. The molecule has 0 aliphatic rings. The third kappa shape index (κ3) is 5.26. The van der Waals surface area contributed by atoms with Gasteiger partial charge in [-0.05, 0) is 29.8 Å². The number of nitrogens with one attached hydrogen (secondary N) is 1. The van der Waals surface area contributed by atoms with Crippen molar-refractivity contribution in [2.75, 3.05) is 13.2 Å². The Morgan fingerprint density at radius 1 is 1.00 bits per heavy atom. The summed E-state index contributed by atoms with van der Waals surface area (Å²) in [5, 5.41) is 14.3. The van der Waals surface area contributed by atoms with Crippen molar-refractivity contribution >= 4 is 33.3 Å². The monoisotopic (exact) mass is 455 g/mol. The highest BCUT2D eigenvalue weighted by atomic mass is 35.5. The van der Waals surface area contributed by atoms with Gasteiger partial charge in [-0.1, -0.05) is 54.1 Å². The van der Waals surface area contributed by atoms with E-state index in [1.165, 1.54) is 10.6 Å². The second-order valence-corrected chi connectivity index (χ2v) is 8.50. The van der Waals surface area contributed by atoms with Crippen LogP contribution >= 0.6 is 11.6 Å². The molecule has 8 nitrogen and oxygen atoms in total. The van der Waals surface area contributed by atoms with Crippen LogP contribution in [0.3, 0.4) is 0 Å². The van der Waals surface area contributed by atoms with Crippen molar-refractivity contribution in [3.63, 3.8) is 0 Å². The zero-order valence-corrected chi connectivity index (χ0v) is 17.8. The summed E-state index contributed by atoms with van der Waals surface area (Å²) in [6.07, 6.45) is 1.53. The number of hydrogen-bond acceptors (Lipinski definition) is 6. The van der Waals surface area contributed by atoms with E-state index < -0.39 is 10.0 Å². The molecule has 0 bridgehead atoms. The molecule has 0 saturated carbocycles. The molecule has 10 heteroatoms. The Kier molecular flexibility index (Phi) is 6.26. The number of hydrogen-bond donors (Lipinski definition) is 1. The first kappa shape index (κ1) is 21.0. The average molecular weight is 456 g/mol. The smallest absolute Gasteiger partial charge is 0.233 e. The molecule has 0 saturated heterocycles. The SMILES string of the molecule is O=S(=O)(/C=C/c1ccccc1)NCCOc1ccc2nnc(-c3ccccc3Cl)n2n1. The molecule has 4 rings (SSSR count). The maximum Gasteiger partial charge on any atom is 0.233 e. The quantitative estimate of drug-likeness (QED) is 0.409. The number of fused-ring (bicyclic) bond motifs is 1. The number of rotatable bonds is 8. The largest absolute Gasteiger partial charge is 0.475 e. The van der Waals surface area contributed by atoms with E-state index in [1.54, 1.807) is 18.2 Å². The van der Waals surface area contributed by atoms with Gasteiger partial charge in [0.2, 0.25) is 15.9 Å². The van der Waals surface area contributed by atoms with E-state index in [9.17, 15) is 8.42 Å². The molecule has 0 fully saturated rings. The van der Waals surface area contributed by atoms with E-state index in [2.05, 4.69) is 20.0 Å². The van der Waals surface area contributed by atoms with E-state index in [0.29, 0.717) is 27.9 Å². The fraction of sp³-hybridized carbons (Fsp3) is 0.0952. The molecule has 2 aromatic heterocycles. The second kappa shape index (κ2) is 9.25. The molecule has 2 aromatic carbocycles. The second-order valence-electron chi connectivity index (χ2n) is 6.45. The van der Waals surface area contributed by atoms with Gasteiger partial charge in [0.15, 0.2) is 11.5 Å². The molecule has 1 N–H and O–H groups in total. The summed E-state index contributed by atoms with van der Waals surface area (Å²) in [6, 6.07) is 19.8. The Bertz CT molecular complexity index is 1320. The molecule has 0 amide bonds. The van der Waals surface area contributed by atoms with Crippen molar-refractivity contribution in [1.29, 1.82) is 0 Å². The van der Waals surface area contributed by atoms with Gasteiger partial charge in [-0.25, -0.2) is 13.1 Å². The van der Waals surface area contributed by atoms with Crippen LogP contribution in [0.25, 0.3) is 23.1 Å². The molecular weight excluding hydrogens is 438 g/mol. The Balaban J connectivity index is 1.39. The summed E-state index contributed by atoms with van der Waals surface area (Å²) in [7, 11) is -3.58. The lowest BCUT2D eigenvalue weighted by molar-refractivity contribution is 0.306. The van der Waals surface area contributed by atoms with E-state index in [0.717, 1.165) is 11.0 Å². The molecule has 0 radical (unpaired) electrons. The molecule has 0 spiro atoms. The lowest BCUT2D eigenvalue weighted by atomic mass is 10.2. The van der Waals surface area contributed by atoms with E-state index in [1.807, 2.05) is 48.5 Å². The van der Waals surface area contributed by atoms with E-state index >= 15 is 0 Å². The topological polar surface area (TPSA) is 98.5 Å². The minimum absolute atomic E-state index is 0.0841. The van der Waals surface area contributed by atoms with Gasteiger partial charge < -0.3 is 4.74 Å². The summed E-state index contributed by atoms with van der Waals surface area (Å²) >= 11 is 6.25. The molecular formula is C21H18ClN5O3S. The summed E-state index contributed by atoms with van der Waals surface area (Å²) in [4.78, 5) is 0. The molecule has 158 valence electrons. The van der Waals surface area contributed by atoms with Crippen LogP contribution in [0.1, 0.15) is 5.56 Å². The van der Waals surface area contributed by atoms with Crippen LogP contribution in [0.4, 0.5) is 0 Å². The van der Waals surface area contributed by atoms with Crippen LogP contribution in [0, 0.1) is 0 Å². The normalized spacial score (nSPS) is 11.9. The van der Waals surface area contributed by atoms with Gasteiger partial charge in [0.05, 0.1) is 5.02 Å². The maximum absolute atomic E-state index is 12.1. The van der Waals surface area contributed by atoms with Crippen LogP contribution in [-0.2, 0) is 10.0 Å². The van der Waals surface area contributed by atoms with Gasteiger partial charge in [0, 0.05) is 23.6 Å². The minimum Gasteiger partial charge on any atom is -0.475 e. The molecule has 4 aromatic rings. The van der Waals surface area contributed by atoms with E-state index in [4.69, 9.17) is 16.3 Å². The van der Waals surface area contributed by atoms with Crippen LogP contribution in [0.2, 0.25) is 5.02 Å². The zero-order chi connectivity index (χ0) is 21.7. The van der Waals surface area contributed by atoms with Crippen LogP contribution < -0.4 is 9.46 Å². The van der Waals surface area contributed by atoms with Crippen molar-refractivity contribution in [3.05, 3.63) is 82.7 Å². The van der Waals surface area contributed by atoms with Crippen molar-refractivity contribution in [2.24, 2.45) is 0 Å². The van der Waals surface area contributed by atoms with Crippen molar-refractivity contribution in [3.8, 4) is 17.3 Å². The van der Waals surface area contributed by atoms with Gasteiger partial charge in [-0.3, -0.25) is 0 Å². The first-order valence-electron chi connectivity index (χ1n) is 9.35. The maximum atomic E-state index is 12.1. The zero-order valence-electron chi connectivity index (χ0n) is 16.2. The Morgan fingerprint density at radius 3 is 2.58 bits per heavy atom. The van der Waals surface area contributed by atoms with Gasteiger partial charge in [-0.15, -0.1) is 15.3 Å². The lowest BCUT2D eigenvalue weighted by Gasteiger charge is -2.07. The number of nitrogens with zero attached hydrogens (tertiary/aromatic N) is 4. The number of sulfonamides is 1. The Labute approximate surface area is 184 Å². The standard InChI is InChI=1S/C21H18ClN5O3S/c22-18-9-5-4-8-17(18)21-25-24-19-10-11-20(26-27(19)21)30-14-13-23-31(28,29)15-12-16-6-2-1-3-7-16/h1-12,15,23H,13-14H2/b15-12+. The summed E-state index contributed by atoms with van der Waals surface area (Å²) in [6.45, 7) is 0.182. The average Bonchev–Trinajstić information content (AvgIpc) is 3.20. The van der Waals surface area contributed by atoms with Gasteiger partial charge in [-0.2, -0.15) is 4.52 Å². The Hall–Kier alpha value is -3.27. The summed E-state index contributed by atoms with van der Waals surface area (Å²) in [5.41, 5.74) is 2.03. The van der Waals surface area contributed by atoms with Crippen molar-refractivity contribution < 1.29 is 13.2 Å². The molecule has 0 unspecified atom stereocenters. The fourth-order valence-electron chi connectivity index (χ4n) is 2.78. The Morgan fingerprint density at radius 2 is 1.77 bits per heavy atom. The predicted octanol–water partition coefficient (Wildman–Crippen LogP) is 3.41. The first-order valence-corrected chi connectivity index (χ1v) is 11.3.